The highest BCUT2D eigenvalue weighted by Gasteiger charge is 2.29. The summed E-state index contributed by atoms with van der Waals surface area (Å²) < 4.78 is 27.5. The predicted octanol–water partition coefficient (Wildman–Crippen LogP) is 3.36. The molecule has 19 heavy (non-hydrogen) atoms. The number of sulfonamides is 1. The van der Waals surface area contributed by atoms with Crippen molar-refractivity contribution in [1.29, 1.82) is 0 Å². The third kappa shape index (κ3) is 2.63. The van der Waals surface area contributed by atoms with Crippen LogP contribution in [0.25, 0.3) is 0 Å². The zero-order chi connectivity index (χ0) is 13.3. The molecule has 0 amide bonds. The van der Waals surface area contributed by atoms with Crippen LogP contribution in [0.2, 0.25) is 0 Å². The Morgan fingerprint density at radius 1 is 0.895 bits per heavy atom. The zero-order valence-electron chi connectivity index (χ0n) is 10.4. The fourth-order valence-electron chi connectivity index (χ4n) is 2.17. The van der Waals surface area contributed by atoms with Gasteiger partial charge in [-0.1, -0.05) is 36.4 Å². The number of para-hydroxylation sites is 1. The smallest absolute Gasteiger partial charge is 0.262 e. The third-order valence-electron chi connectivity index (χ3n) is 3.25. The molecular weight excluding hydrogens is 258 g/mol. The average Bonchev–Trinajstić information content (AvgIpc) is 3.24. The molecule has 3 rings (SSSR count). The SMILES string of the molecule is O=S(=O)(Nc1ccccc1)c1ccccc1C1CC1. The molecule has 1 aliphatic carbocycles. The van der Waals surface area contributed by atoms with Crippen LogP contribution in [0.5, 0.6) is 0 Å². The van der Waals surface area contributed by atoms with Crippen molar-refractivity contribution in [2.24, 2.45) is 0 Å². The van der Waals surface area contributed by atoms with Gasteiger partial charge in [0.2, 0.25) is 0 Å². The Morgan fingerprint density at radius 2 is 1.53 bits per heavy atom. The Morgan fingerprint density at radius 3 is 2.21 bits per heavy atom. The van der Waals surface area contributed by atoms with Crippen LogP contribution in [0, 0.1) is 0 Å². The van der Waals surface area contributed by atoms with Gasteiger partial charge in [-0.15, -0.1) is 0 Å². The van der Waals surface area contributed by atoms with E-state index in [1.54, 1.807) is 24.3 Å². The van der Waals surface area contributed by atoms with Crippen molar-refractivity contribution in [3.05, 3.63) is 60.2 Å². The number of rotatable bonds is 4. The highest BCUT2D eigenvalue weighted by Crippen LogP contribution is 2.42. The Hall–Kier alpha value is -1.81. The predicted molar refractivity (Wildman–Crippen MR) is 75.7 cm³/mol. The highest BCUT2D eigenvalue weighted by atomic mass is 32.2. The number of nitrogens with one attached hydrogen (secondary N) is 1. The summed E-state index contributed by atoms with van der Waals surface area (Å²) in [7, 11) is -3.50. The maximum absolute atomic E-state index is 12.4. The largest absolute Gasteiger partial charge is 0.280 e. The lowest BCUT2D eigenvalue weighted by atomic mass is 10.1. The molecule has 2 aromatic carbocycles. The maximum atomic E-state index is 12.4. The van der Waals surface area contributed by atoms with Gasteiger partial charge in [0.15, 0.2) is 0 Å². The molecular formula is C15H15NO2S. The molecule has 0 atom stereocenters. The lowest BCUT2D eigenvalue weighted by molar-refractivity contribution is 0.600. The molecule has 0 aromatic heterocycles. The van der Waals surface area contributed by atoms with Gasteiger partial charge in [0.1, 0.15) is 0 Å². The Balaban J connectivity index is 1.96. The quantitative estimate of drug-likeness (QED) is 0.928. The molecule has 0 bridgehead atoms. The molecule has 0 spiro atoms. The van der Waals surface area contributed by atoms with Crippen LogP contribution in [0.1, 0.15) is 24.3 Å². The maximum Gasteiger partial charge on any atom is 0.262 e. The molecule has 98 valence electrons. The van der Waals surface area contributed by atoms with Crippen molar-refractivity contribution in [2.75, 3.05) is 4.72 Å². The molecule has 1 fully saturated rings. The summed E-state index contributed by atoms with van der Waals surface area (Å²) in [5, 5.41) is 0. The van der Waals surface area contributed by atoms with E-state index in [4.69, 9.17) is 0 Å². The zero-order valence-corrected chi connectivity index (χ0v) is 11.2. The molecule has 0 aliphatic heterocycles. The number of benzene rings is 2. The van der Waals surface area contributed by atoms with Gasteiger partial charge in [-0.3, -0.25) is 4.72 Å². The number of hydrogen-bond donors (Lipinski definition) is 1. The molecule has 1 saturated carbocycles. The summed E-state index contributed by atoms with van der Waals surface area (Å²) in [6.07, 6.45) is 2.16. The molecule has 0 unspecified atom stereocenters. The van der Waals surface area contributed by atoms with Crippen LogP contribution in [-0.2, 0) is 10.0 Å². The summed E-state index contributed by atoms with van der Waals surface area (Å²) >= 11 is 0. The first-order chi connectivity index (χ1) is 9.17. The van der Waals surface area contributed by atoms with Gasteiger partial charge < -0.3 is 0 Å². The first-order valence-electron chi connectivity index (χ1n) is 6.33. The minimum atomic E-state index is -3.50. The number of hydrogen-bond acceptors (Lipinski definition) is 2. The van der Waals surface area contributed by atoms with E-state index in [0.29, 0.717) is 16.5 Å². The minimum Gasteiger partial charge on any atom is -0.280 e. The summed E-state index contributed by atoms with van der Waals surface area (Å²) in [4.78, 5) is 0.404. The highest BCUT2D eigenvalue weighted by molar-refractivity contribution is 7.92. The molecule has 1 N–H and O–H groups in total. The van der Waals surface area contributed by atoms with Crippen molar-refractivity contribution >= 4 is 15.7 Å². The van der Waals surface area contributed by atoms with Gasteiger partial charge >= 0.3 is 0 Å². The molecule has 0 saturated heterocycles. The van der Waals surface area contributed by atoms with Crippen LogP contribution in [0.3, 0.4) is 0 Å². The van der Waals surface area contributed by atoms with Crippen LogP contribution in [0.4, 0.5) is 5.69 Å². The first kappa shape index (κ1) is 12.2. The van der Waals surface area contributed by atoms with Crippen LogP contribution < -0.4 is 4.72 Å². The second kappa shape index (κ2) is 4.70. The number of anilines is 1. The normalized spacial score (nSPS) is 15.2. The van der Waals surface area contributed by atoms with Crippen molar-refractivity contribution in [3.63, 3.8) is 0 Å². The van der Waals surface area contributed by atoms with Crippen molar-refractivity contribution in [3.8, 4) is 0 Å². The van der Waals surface area contributed by atoms with Gasteiger partial charge in [-0.25, -0.2) is 8.42 Å². The van der Waals surface area contributed by atoms with Crippen LogP contribution in [-0.4, -0.2) is 8.42 Å². The fraction of sp³-hybridized carbons (Fsp3) is 0.200. The summed E-state index contributed by atoms with van der Waals surface area (Å²) in [5.74, 6) is 0.406. The molecule has 0 heterocycles. The molecule has 1 aliphatic rings. The van der Waals surface area contributed by atoms with Crippen LogP contribution >= 0.6 is 0 Å². The Labute approximate surface area is 113 Å². The summed E-state index contributed by atoms with van der Waals surface area (Å²) in [6.45, 7) is 0. The summed E-state index contributed by atoms with van der Waals surface area (Å²) in [6, 6.07) is 16.2. The van der Waals surface area contributed by atoms with Crippen LogP contribution in [0.15, 0.2) is 59.5 Å². The Bertz CT molecular complexity index is 676. The van der Waals surface area contributed by atoms with E-state index < -0.39 is 10.0 Å². The molecule has 3 nitrogen and oxygen atoms in total. The van der Waals surface area contributed by atoms with Gasteiger partial charge in [0.05, 0.1) is 4.90 Å². The fourth-order valence-corrected chi connectivity index (χ4v) is 3.53. The van der Waals surface area contributed by atoms with E-state index in [-0.39, 0.29) is 0 Å². The van der Waals surface area contributed by atoms with E-state index in [2.05, 4.69) is 4.72 Å². The third-order valence-corrected chi connectivity index (χ3v) is 4.71. The second-order valence-corrected chi connectivity index (χ2v) is 6.43. The standard InChI is InChI=1S/C15H15NO2S/c17-19(18,16-13-6-2-1-3-7-13)15-9-5-4-8-14(15)12-10-11-12/h1-9,12,16H,10-11H2. The van der Waals surface area contributed by atoms with E-state index in [1.165, 1.54) is 0 Å². The monoisotopic (exact) mass is 273 g/mol. The first-order valence-corrected chi connectivity index (χ1v) is 7.82. The second-order valence-electron chi connectivity index (χ2n) is 4.78. The van der Waals surface area contributed by atoms with Gasteiger partial charge in [0, 0.05) is 5.69 Å². The molecule has 0 radical (unpaired) electrons. The van der Waals surface area contributed by atoms with Gasteiger partial charge in [-0.2, -0.15) is 0 Å². The minimum absolute atomic E-state index is 0.404. The molecule has 4 heteroatoms. The van der Waals surface area contributed by atoms with Crippen molar-refractivity contribution in [1.82, 2.24) is 0 Å². The molecule has 2 aromatic rings. The lowest BCUT2D eigenvalue weighted by Gasteiger charge is -2.11. The van der Waals surface area contributed by atoms with E-state index in [1.807, 2.05) is 30.3 Å². The lowest BCUT2D eigenvalue weighted by Crippen LogP contribution is -2.14. The van der Waals surface area contributed by atoms with E-state index in [0.717, 1.165) is 18.4 Å². The van der Waals surface area contributed by atoms with E-state index in [9.17, 15) is 8.42 Å². The average molecular weight is 273 g/mol. The van der Waals surface area contributed by atoms with Crippen molar-refractivity contribution in [2.45, 2.75) is 23.7 Å². The topological polar surface area (TPSA) is 46.2 Å². The summed E-state index contributed by atoms with van der Waals surface area (Å²) in [5.41, 5.74) is 1.53. The van der Waals surface area contributed by atoms with Gasteiger partial charge in [-0.05, 0) is 42.5 Å². The Kier molecular flexibility index (Phi) is 3.03. The van der Waals surface area contributed by atoms with Crippen molar-refractivity contribution < 1.29 is 8.42 Å². The van der Waals surface area contributed by atoms with Gasteiger partial charge in [0.25, 0.3) is 10.0 Å². The van der Waals surface area contributed by atoms with E-state index >= 15 is 0 Å².